The summed E-state index contributed by atoms with van der Waals surface area (Å²) in [5.74, 6) is -2.09. The maximum absolute atomic E-state index is 14.2. The van der Waals surface area contributed by atoms with Crippen molar-refractivity contribution < 1.29 is 22.7 Å². The Labute approximate surface area is 159 Å². The Hall–Kier alpha value is -3.61. The number of rotatable bonds is 6. The number of hydrogen-bond acceptors (Lipinski definition) is 3. The lowest BCUT2D eigenvalue weighted by Gasteiger charge is -2.06. The molecule has 7 heteroatoms. The van der Waals surface area contributed by atoms with Gasteiger partial charge in [-0.2, -0.15) is 0 Å². The van der Waals surface area contributed by atoms with Crippen molar-refractivity contribution in [1.82, 2.24) is 10.3 Å². The first-order chi connectivity index (χ1) is 13.5. The van der Waals surface area contributed by atoms with E-state index in [0.29, 0.717) is 16.9 Å². The van der Waals surface area contributed by atoms with Gasteiger partial charge in [0.2, 0.25) is 5.91 Å². The number of amides is 1. The first-order valence-corrected chi connectivity index (χ1v) is 8.28. The van der Waals surface area contributed by atoms with Crippen LogP contribution in [0, 0.1) is 17.5 Å². The van der Waals surface area contributed by atoms with Crippen LogP contribution >= 0.6 is 0 Å². The van der Waals surface area contributed by atoms with Gasteiger partial charge in [-0.15, -0.1) is 0 Å². The molecule has 1 aromatic heterocycles. The topological polar surface area (TPSA) is 51.2 Å². The Morgan fingerprint density at radius 1 is 1.07 bits per heavy atom. The highest BCUT2D eigenvalue weighted by molar-refractivity contribution is 5.91. The van der Waals surface area contributed by atoms with Crippen molar-refractivity contribution >= 4 is 12.0 Å². The first-order valence-electron chi connectivity index (χ1n) is 8.28. The minimum Gasteiger partial charge on any atom is -0.453 e. The van der Waals surface area contributed by atoms with Gasteiger partial charge in [0.25, 0.3) is 0 Å². The predicted molar refractivity (Wildman–Crippen MR) is 97.9 cm³/mol. The fourth-order valence-electron chi connectivity index (χ4n) is 2.37. The SMILES string of the molecule is O=C(/C=C/c1ccc(Oc2cccnc2)c(F)c1)NCc1cc(F)cc(F)c1. The van der Waals surface area contributed by atoms with Crippen molar-refractivity contribution in [3.63, 3.8) is 0 Å². The molecule has 4 nitrogen and oxygen atoms in total. The third-order valence-electron chi connectivity index (χ3n) is 3.63. The van der Waals surface area contributed by atoms with Gasteiger partial charge in [-0.1, -0.05) is 6.07 Å². The second-order valence-electron chi connectivity index (χ2n) is 5.81. The van der Waals surface area contributed by atoms with Crippen LogP contribution in [-0.4, -0.2) is 10.9 Å². The van der Waals surface area contributed by atoms with Gasteiger partial charge in [0, 0.05) is 24.9 Å². The van der Waals surface area contributed by atoms with E-state index in [2.05, 4.69) is 10.3 Å². The monoisotopic (exact) mass is 384 g/mol. The zero-order chi connectivity index (χ0) is 19.9. The van der Waals surface area contributed by atoms with Crippen LogP contribution in [-0.2, 0) is 11.3 Å². The third kappa shape index (κ3) is 5.44. The summed E-state index contributed by atoms with van der Waals surface area (Å²) in [6, 6.07) is 10.6. The van der Waals surface area contributed by atoms with Gasteiger partial charge >= 0.3 is 0 Å². The van der Waals surface area contributed by atoms with Gasteiger partial charge < -0.3 is 10.1 Å². The van der Waals surface area contributed by atoms with E-state index in [1.54, 1.807) is 24.4 Å². The molecule has 3 rings (SSSR count). The van der Waals surface area contributed by atoms with E-state index in [1.165, 1.54) is 30.5 Å². The summed E-state index contributed by atoms with van der Waals surface area (Å²) in [6.07, 6.45) is 5.65. The van der Waals surface area contributed by atoms with Gasteiger partial charge in [-0.05, 0) is 53.6 Å². The molecule has 1 amide bonds. The zero-order valence-corrected chi connectivity index (χ0v) is 14.5. The van der Waals surface area contributed by atoms with Crippen LogP contribution in [0.5, 0.6) is 11.5 Å². The highest BCUT2D eigenvalue weighted by atomic mass is 19.1. The van der Waals surface area contributed by atoms with Crippen molar-refractivity contribution in [2.75, 3.05) is 0 Å². The minimum atomic E-state index is -0.719. The van der Waals surface area contributed by atoms with Crippen LogP contribution < -0.4 is 10.1 Å². The lowest BCUT2D eigenvalue weighted by molar-refractivity contribution is -0.116. The van der Waals surface area contributed by atoms with E-state index in [0.717, 1.165) is 18.2 Å². The van der Waals surface area contributed by atoms with E-state index in [-0.39, 0.29) is 12.3 Å². The smallest absolute Gasteiger partial charge is 0.244 e. The Morgan fingerprint density at radius 3 is 2.54 bits per heavy atom. The highest BCUT2D eigenvalue weighted by Gasteiger charge is 2.06. The van der Waals surface area contributed by atoms with E-state index >= 15 is 0 Å². The van der Waals surface area contributed by atoms with Crippen LogP contribution in [0.1, 0.15) is 11.1 Å². The van der Waals surface area contributed by atoms with Crippen LogP contribution in [0.25, 0.3) is 6.08 Å². The molecule has 1 N–H and O–H groups in total. The Balaban J connectivity index is 1.58. The summed E-state index contributed by atoms with van der Waals surface area (Å²) in [5, 5.41) is 2.50. The maximum Gasteiger partial charge on any atom is 0.244 e. The molecule has 0 radical (unpaired) electrons. The van der Waals surface area contributed by atoms with E-state index < -0.39 is 23.4 Å². The molecule has 3 aromatic rings. The summed E-state index contributed by atoms with van der Waals surface area (Å²) in [5.41, 5.74) is 0.741. The number of nitrogens with one attached hydrogen (secondary N) is 1. The molecule has 0 aliphatic carbocycles. The predicted octanol–water partition coefficient (Wildman–Crippen LogP) is 4.62. The largest absolute Gasteiger partial charge is 0.453 e. The fourth-order valence-corrected chi connectivity index (χ4v) is 2.37. The third-order valence-corrected chi connectivity index (χ3v) is 3.63. The summed E-state index contributed by atoms with van der Waals surface area (Å²) in [6.45, 7) is -0.0376. The molecule has 28 heavy (non-hydrogen) atoms. The number of carbonyl (C=O) groups is 1. The van der Waals surface area contributed by atoms with Gasteiger partial charge in [0.05, 0.1) is 6.20 Å². The van der Waals surface area contributed by atoms with E-state index in [1.807, 2.05) is 0 Å². The molecule has 0 aliphatic heterocycles. The molecule has 0 saturated carbocycles. The van der Waals surface area contributed by atoms with Gasteiger partial charge in [0.1, 0.15) is 17.4 Å². The van der Waals surface area contributed by atoms with Crippen molar-refractivity contribution in [3.8, 4) is 11.5 Å². The van der Waals surface area contributed by atoms with Crippen LogP contribution in [0.15, 0.2) is 67.0 Å². The van der Waals surface area contributed by atoms with Crippen LogP contribution in [0.3, 0.4) is 0 Å². The first kappa shape index (κ1) is 19.2. The summed E-state index contributed by atoms with van der Waals surface area (Å²) in [4.78, 5) is 15.7. The standard InChI is InChI=1S/C21H15F3N2O2/c22-16-8-15(9-17(23)11-16)12-26-21(27)6-4-14-3-5-20(19(24)10-14)28-18-2-1-7-25-13-18/h1-11,13H,12H2,(H,26,27)/b6-4+. The normalized spacial score (nSPS) is 10.8. The van der Waals surface area contributed by atoms with Gasteiger partial charge in [0.15, 0.2) is 11.6 Å². The van der Waals surface area contributed by atoms with E-state index in [9.17, 15) is 18.0 Å². The number of benzene rings is 2. The minimum absolute atomic E-state index is 0.0303. The van der Waals surface area contributed by atoms with Crippen LogP contribution in [0.2, 0.25) is 0 Å². The van der Waals surface area contributed by atoms with E-state index in [4.69, 9.17) is 4.74 Å². The molecule has 0 atom stereocenters. The average Bonchev–Trinajstić information content (AvgIpc) is 2.67. The average molecular weight is 384 g/mol. The summed E-state index contributed by atoms with van der Waals surface area (Å²) < 4.78 is 45.8. The highest BCUT2D eigenvalue weighted by Crippen LogP contribution is 2.24. The lowest BCUT2D eigenvalue weighted by Crippen LogP contribution is -2.20. The molecular formula is C21H15F3N2O2. The number of halogens is 3. The Bertz CT molecular complexity index is 988. The molecule has 142 valence electrons. The van der Waals surface area contributed by atoms with Gasteiger partial charge in [-0.3, -0.25) is 9.78 Å². The number of ether oxygens (including phenoxy) is 1. The molecular weight excluding hydrogens is 369 g/mol. The second-order valence-corrected chi connectivity index (χ2v) is 5.81. The maximum atomic E-state index is 14.2. The number of pyridine rings is 1. The quantitative estimate of drug-likeness (QED) is 0.631. The number of aromatic nitrogens is 1. The molecule has 0 fully saturated rings. The Morgan fingerprint density at radius 2 is 1.86 bits per heavy atom. The fraction of sp³-hybridized carbons (Fsp3) is 0.0476. The summed E-state index contributed by atoms with van der Waals surface area (Å²) >= 11 is 0. The lowest BCUT2D eigenvalue weighted by atomic mass is 10.2. The molecule has 2 aromatic carbocycles. The Kier molecular flexibility index (Phi) is 6.06. The zero-order valence-electron chi connectivity index (χ0n) is 14.5. The molecule has 0 unspecified atom stereocenters. The molecule has 0 spiro atoms. The van der Waals surface area contributed by atoms with Crippen molar-refractivity contribution in [1.29, 1.82) is 0 Å². The number of carbonyl (C=O) groups excluding carboxylic acids is 1. The number of hydrogen-bond donors (Lipinski definition) is 1. The van der Waals surface area contributed by atoms with Crippen molar-refractivity contribution in [2.24, 2.45) is 0 Å². The van der Waals surface area contributed by atoms with Crippen LogP contribution in [0.4, 0.5) is 13.2 Å². The molecule has 0 bridgehead atoms. The molecule has 1 heterocycles. The molecule has 0 aliphatic rings. The van der Waals surface area contributed by atoms with Gasteiger partial charge in [-0.25, -0.2) is 13.2 Å². The van der Waals surface area contributed by atoms with Crippen molar-refractivity contribution in [2.45, 2.75) is 6.54 Å². The van der Waals surface area contributed by atoms with Crippen molar-refractivity contribution in [3.05, 3.63) is 95.6 Å². The second kappa shape index (κ2) is 8.85. The number of nitrogens with zero attached hydrogens (tertiary/aromatic N) is 1. The summed E-state index contributed by atoms with van der Waals surface area (Å²) in [7, 11) is 0. The molecule has 0 saturated heterocycles.